The van der Waals surface area contributed by atoms with E-state index in [0.717, 1.165) is 103 Å². The number of aliphatic hydroxyl groups excluding tert-OH is 2. The molecule has 0 bridgehead atoms. The molecule has 0 heterocycles. The Kier molecular flexibility index (Phi) is 39.8. The van der Waals surface area contributed by atoms with Crippen LogP contribution in [0.15, 0.2) is 48.6 Å². The van der Waals surface area contributed by atoms with Gasteiger partial charge in [0.25, 0.3) is 0 Å². The Labute approximate surface area is 321 Å². The summed E-state index contributed by atoms with van der Waals surface area (Å²) in [6, 6.07) is -0.645. The maximum Gasteiger partial charge on any atom is 0.305 e. The second kappa shape index (κ2) is 41.6. The minimum Gasteiger partial charge on any atom is -0.466 e. The molecule has 0 spiro atoms. The average molecular weight is 730 g/mol. The van der Waals surface area contributed by atoms with Crippen LogP contribution in [0, 0.1) is 0 Å². The van der Waals surface area contributed by atoms with Gasteiger partial charge in [0.05, 0.1) is 25.4 Å². The molecule has 6 heteroatoms. The third-order valence-corrected chi connectivity index (χ3v) is 9.56. The van der Waals surface area contributed by atoms with Crippen molar-refractivity contribution < 1.29 is 24.5 Å². The summed E-state index contributed by atoms with van der Waals surface area (Å²) in [7, 11) is 0. The van der Waals surface area contributed by atoms with E-state index in [4.69, 9.17) is 4.74 Å². The van der Waals surface area contributed by atoms with Crippen molar-refractivity contribution in [1.82, 2.24) is 5.32 Å². The van der Waals surface area contributed by atoms with Gasteiger partial charge in [0.1, 0.15) is 0 Å². The van der Waals surface area contributed by atoms with E-state index >= 15 is 0 Å². The highest BCUT2D eigenvalue weighted by atomic mass is 16.5. The molecule has 52 heavy (non-hydrogen) atoms. The summed E-state index contributed by atoms with van der Waals surface area (Å²) >= 11 is 0. The fourth-order valence-electron chi connectivity index (χ4n) is 6.11. The van der Waals surface area contributed by atoms with Gasteiger partial charge in [-0.2, -0.15) is 0 Å². The minimum absolute atomic E-state index is 0.0410. The van der Waals surface area contributed by atoms with Crippen molar-refractivity contribution in [2.75, 3.05) is 13.2 Å². The van der Waals surface area contributed by atoms with Crippen molar-refractivity contribution in [1.29, 1.82) is 0 Å². The topological polar surface area (TPSA) is 95.9 Å². The number of hydrogen-bond acceptors (Lipinski definition) is 5. The Bertz CT molecular complexity index is 895. The quantitative estimate of drug-likeness (QED) is 0.0332. The zero-order valence-electron chi connectivity index (χ0n) is 34.0. The van der Waals surface area contributed by atoms with Crippen LogP contribution in [0.25, 0.3) is 0 Å². The highest BCUT2D eigenvalue weighted by molar-refractivity contribution is 5.76. The number of amides is 1. The van der Waals surface area contributed by atoms with Crippen molar-refractivity contribution in [3.8, 4) is 0 Å². The lowest BCUT2D eigenvalue weighted by atomic mass is 10.1. The van der Waals surface area contributed by atoms with Crippen LogP contribution >= 0.6 is 0 Å². The number of nitrogens with one attached hydrogen (secondary N) is 1. The second-order valence-electron chi connectivity index (χ2n) is 14.7. The van der Waals surface area contributed by atoms with Crippen molar-refractivity contribution in [2.45, 2.75) is 219 Å². The van der Waals surface area contributed by atoms with Crippen molar-refractivity contribution in [2.24, 2.45) is 0 Å². The van der Waals surface area contributed by atoms with E-state index in [1.807, 2.05) is 6.08 Å². The molecule has 0 aliphatic carbocycles. The van der Waals surface area contributed by atoms with Gasteiger partial charge in [0.15, 0.2) is 0 Å². The number of rotatable bonds is 39. The highest BCUT2D eigenvalue weighted by Gasteiger charge is 2.17. The molecule has 0 aromatic carbocycles. The van der Waals surface area contributed by atoms with Crippen molar-refractivity contribution in [3.63, 3.8) is 0 Å². The molecule has 0 aromatic rings. The second-order valence-corrected chi connectivity index (χ2v) is 14.7. The molecule has 0 aliphatic heterocycles. The van der Waals surface area contributed by atoms with Gasteiger partial charge in [-0.1, -0.05) is 152 Å². The molecule has 0 aromatic heterocycles. The van der Waals surface area contributed by atoms with Crippen LogP contribution in [0.2, 0.25) is 0 Å². The van der Waals surface area contributed by atoms with E-state index in [0.29, 0.717) is 19.4 Å². The largest absolute Gasteiger partial charge is 0.466 e. The van der Waals surface area contributed by atoms with Gasteiger partial charge in [-0.3, -0.25) is 9.59 Å². The third-order valence-electron chi connectivity index (χ3n) is 9.56. The van der Waals surface area contributed by atoms with Gasteiger partial charge in [0.2, 0.25) is 5.91 Å². The number of allylic oxidation sites excluding steroid dienone is 7. The first-order chi connectivity index (χ1) is 25.5. The maximum absolute atomic E-state index is 12.3. The Balaban J connectivity index is 3.56. The SMILES string of the molecule is CCCC/C=C\C/C=C\CCCCCCCC(=O)OCCCCC/C=C\CCCCCCCC(=O)NC(CO)C(O)/C=C/CCCCCCCCC. The van der Waals surface area contributed by atoms with Crippen LogP contribution in [0.3, 0.4) is 0 Å². The van der Waals surface area contributed by atoms with E-state index in [1.54, 1.807) is 6.08 Å². The predicted octanol–water partition coefficient (Wildman–Crippen LogP) is 12.3. The first-order valence-corrected chi connectivity index (χ1v) is 21.9. The van der Waals surface area contributed by atoms with E-state index in [-0.39, 0.29) is 18.5 Å². The molecular weight excluding hydrogens is 647 g/mol. The third kappa shape index (κ3) is 37.6. The lowest BCUT2D eigenvalue weighted by Gasteiger charge is -2.20. The lowest BCUT2D eigenvalue weighted by Crippen LogP contribution is -2.45. The van der Waals surface area contributed by atoms with Crippen LogP contribution in [0.4, 0.5) is 0 Å². The first kappa shape index (κ1) is 49.8. The van der Waals surface area contributed by atoms with E-state index < -0.39 is 12.1 Å². The lowest BCUT2D eigenvalue weighted by molar-refractivity contribution is -0.143. The van der Waals surface area contributed by atoms with Gasteiger partial charge in [-0.15, -0.1) is 0 Å². The molecule has 0 saturated carbocycles. The van der Waals surface area contributed by atoms with Crippen LogP contribution in [0.5, 0.6) is 0 Å². The molecule has 0 rings (SSSR count). The molecule has 0 aliphatic rings. The maximum atomic E-state index is 12.3. The molecule has 2 atom stereocenters. The standard InChI is InChI=1S/C46H83NO5/c1-3-5-7-9-11-13-14-15-16-20-24-28-32-36-40-46(51)52-41-37-33-29-25-21-18-17-19-23-27-31-35-39-45(50)47-43(42-48)44(49)38-34-30-26-22-12-10-8-6-4-2/h9,11,14-15,18,21,34,38,43-44,48-49H,3-8,10,12-13,16-17,19-20,22-33,35-37,39-42H2,1-2H3,(H,47,50)/b11-9-,15-14-,21-18-,38-34+. The van der Waals surface area contributed by atoms with Crippen molar-refractivity contribution >= 4 is 11.9 Å². The molecule has 0 fully saturated rings. The van der Waals surface area contributed by atoms with E-state index in [2.05, 4.69) is 55.6 Å². The summed E-state index contributed by atoms with van der Waals surface area (Å²) in [6.45, 7) is 4.74. The number of aliphatic hydroxyl groups is 2. The molecule has 6 nitrogen and oxygen atoms in total. The molecule has 0 saturated heterocycles. The molecule has 0 radical (unpaired) electrons. The van der Waals surface area contributed by atoms with Crippen LogP contribution in [-0.4, -0.2) is 47.4 Å². The summed E-state index contributed by atoms with van der Waals surface area (Å²) in [5, 5.41) is 22.8. The van der Waals surface area contributed by atoms with Crippen LogP contribution < -0.4 is 5.32 Å². The van der Waals surface area contributed by atoms with Crippen molar-refractivity contribution in [3.05, 3.63) is 48.6 Å². The predicted molar refractivity (Wildman–Crippen MR) is 222 cm³/mol. The Morgan fingerprint density at radius 1 is 0.538 bits per heavy atom. The fourth-order valence-corrected chi connectivity index (χ4v) is 6.11. The Hall–Kier alpha value is -2.18. The Morgan fingerprint density at radius 2 is 0.981 bits per heavy atom. The van der Waals surface area contributed by atoms with Gasteiger partial charge >= 0.3 is 5.97 Å². The number of hydrogen-bond donors (Lipinski definition) is 3. The summed E-state index contributed by atoms with van der Waals surface area (Å²) in [5.41, 5.74) is 0. The molecule has 302 valence electrons. The van der Waals surface area contributed by atoms with Gasteiger partial charge in [0, 0.05) is 12.8 Å². The summed E-state index contributed by atoms with van der Waals surface area (Å²) in [6.07, 6.45) is 49.5. The number of esters is 1. The summed E-state index contributed by atoms with van der Waals surface area (Å²) in [4.78, 5) is 24.3. The number of carbonyl (C=O) groups is 2. The Morgan fingerprint density at radius 3 is 1.54 bits per heavy atom. The highest BCUT2D eigenvalue weighted by Crippen LogP contribution is 2.12. The summed E-state index contributed by atoms with van der Waals surface area (Å²) < 4.78 is 5.42. The monoisotopic (exact) mass is 730 g/mol. The minimum atomic E-state index is -0.859. The first-order valence-electron chi connectivity index (χ1n) is 21.9. The van der Waals surface area contributed by atoms with Gasteiger partial charge in [-0.05, 0) is 89.9 Å². The zero-order chi connectivity index (χ0) is 38.0. The normalized spacial score (nSPS) is 13.2. The number of ether oxygens (including phenoxy) is 1. The van der Waals surface area contributed by atoms with Gasteiger partial charge in [-0.25, -0.2) is 0 Å². The molecule has 3 N–H and O–H groups in total. The fraction of sp³-hybridized carbons (Fsp3) is 0.783. The zero-order valence-corrected chi connectivity index (χ0v) is 34.0. The number of carbonyl (C=O) groups excluding carboxylic acids is 2. The molecular formula is C46H83NO5. The molecule has 1 amide bonds. The van der Waals surface area contributed by atoms with Crippen LogP contribution in [-0.2, 0) is 14.3 Å². The average Bonchev–Trinajstić information content (AvgIpc) is 3.14. The smallest absolute Gasteiger partial charge is 0.305 e. The summed E-state index contributed by atoms with van der Waals surface area (Å²) in [5.74, 6) is -0.141. The molecule has 2 unspecified atom stereocenters. The van der Waals surface area contributed by atoms with E-state index in [9.17, 15) is 19.8 Å². The van der Waals surface area contributed by atoms with E-state index in [1.165, 1.54) is 77.0 Å². The number of unbranched alkanes of at least 4 members (excludes halogenated alkanes) is 22. The van der Waals surface area contributed by atoms with Gasteiger partial charge < -0.3 is 20.3 Å². The van der Waals surface area contributed by atoms with Crippen LogP contribution in [0.1, 0.15) is 206 Å².